The molecule has 0 saturated heterocycles. The highest BCUT2D eigenvalue weighted by Gasteiger charge is 2.16. The topological polar surface area (TPSA) is 39.2 Å². The molecule has 0 aliphatic heterocycles. The Balaban J connectivity index is 0.00000180. The SMILES string of the molecule is CC(C(=O)OCc1ccccc1)c1cccnc1.Cl.Cl. The number of nitrogens with zero attached hydrogens (tertiary/aromatic N) is 1. The molecular weight excluding hydrogens is 297 g/mol. The molecule has 3 nitrogen and oxygen atoms in total. The van der Waals surface area contributed by atoms with Gasteiger partial charge in [-0.1, -0.05) is 36.4 Å². The summed E-state index contributed by atoms with van der Waals surface area (Å²) in [5.74, 6) is -0.519. The Kier molecular flexibility index (Phi) is 8.61. The molecule has 0 amide bonds. The average molecular weight is 314 g/mol. The predicted molar refractivity (Wildman–Crippen MR) is 83.4 cm³/mol. The Morgan fingerprint density at radius 3 is 2.45 bits per heavy atom. The van der Waals surface area contributed by atoms with Gasteiger partial charge >= 0.3 is 5.97 Å². The number of carbonyl (C=O) groups excluding carboxylic acids is 1. The van der Waals surface area contributed by atoms with Gasteiger partial charge in [0.05, 0.1) is 5.92 Å². The second-order valence-electron chi connectivity index (χ2n) is 4.10. The zero-order valence-electron chi connectivity index (χ0n) is 11.1. The minimum absolute atomic E-state index is 0. The van der Waals surface area contributed by atoms with Crippen LogP contribution in [0.5, 0.6) is 0 Å². The van der Waals surface area contributed by atoms with Gasteiger partial charge in [-0.15, -0.1) is 24.8 Å². The van der Waals surface area contributed by atoms with Crippen LogP contribution in [0.1, 0.15) is 24.0 Å². The largest absolute Gasteiger partial charge is 0.460 e. The van der Waals surface area contributed by atoms with E-state index in [2.05, 4.69) is 4.98 Å². The lowest BCUT2D eigenvalue weighted by Gasteiger charge is -2.11. The third-order valence-electron chi connectivity index (χ3n) is 2.76. The van der Waals surface area contributed by atoms with E-state index in [1.54, 1.807) is 12.4 Å². The number of hydrogen-bond acceptors (Lipinski definition) is 3. The molecule has 0 saturated carbocycles. The van der Waals surface area contributed by atoms with Crippen molar-refractivity contribution in [3.63, 3.8) is 0 Å². The number of pyridine rings is 1. The lowest BCUT2D eigenvalue weighted by atomic mass is 10.0. The average Bonchev–Trinajstić information content (AvgIpc) is 2.46. The second kappa shape index (κ2) is 9.34. The Hall–Kier alpha value is -1.58. The fourth-order valence-electron chi connectivity index (χ4n) is 1.62. The molecule has 0 radical (unpaired) electrons. The molecule has 0 bridgehead atoms. The molecule has 1 heterocycles. The summed E-state index contributed by atoms with van der Waals surface area (Å²) in [4.78, 5) is 15.9. The minimum Gasteiger partial charge on any atom is -0.460 e. The van der Waals surface area contributed by atoms with Gasteiger partial charge in [0.25, 0.3) is 0 Å². The van der Waals surface area contributed by atoms with Gasteiger partial charge < -0.3 is 4.74 Å². The molecule has 1 aromatic carbocycles. The summed E-state index contributed by atoms with van der Waals surface area (Å²) in [5.41, 5.74) is 1.86. The summed E-state index contributed by atoms with van der Waals surface area (Å²) >= 11 is 0. The Bertz CT molecular complexity index is 506. The molecule has 1 aromatic heterocycles. The van der Waals surface area contributed by atoms with Crippen molar-refractivity contribution in [3.05, 3.63) is 66.0 Å². The fraction of sp³-hybridized carbons (Fsp3) is 0.200. The molecule has 2 aromatic rings. The summed E-state index contributed by atoms with van der Waals surface area (Å²) in [7, 11) is 0. The number of aromatic nitrogens is 1. The number of carbonyl (C=O) groups is 1. The molecule has 108 valence electrons. The van der Waals surface area contributed by atoms with E-state index in [0.29, 0.717) is 6.61 Å². The van der Waals surface area contributed by atoms with E-state index in [9.17, 15) is 4.79 Å². The van der Waals surface area contributed by atoms with Gasteiger partial charge in [-0.3, -0.25) is 9.78 Å². The first-order chi connectivity index (χ1) is 8.77. The van der Waals surface area contributed by atoms with Crippen LogP contribution in [0.2, 0.25) is 0 Å². The number of rotatable bonds is 4. The van der Waals surface area contributed by atoms with Crippen LogP contribution in [0.3, 0.4) is 0 Å². The highest BCUT2D eigenvalue weighted by atomic mass is 35.5. The van der Waals surface area contributed by atoms with Gasteiger partial charge in [-0.05, 0) is 24.1 Å². The standard InChI is InChI=1S/C15H15NO2.2ClH/c1-12(14-8-5-9-16-10-14)15(17)18-11-13-6-3-2-4-7-13;;/h2-10,12H,11H2,1H3;2*1H. The van der Waals surface area contributed by atoms with Gasteiger partial charge in [0.15, 0.2) is 0 Å². The maximum atomic E-state index is 11.9. The van der Waals surface area contributed by atoms with Crippen molar-refractivity contribution in [2.24, 2.45) is 0 Å². The lowest BCUT2D eigenvalue weighted by molar-refractivity contribution is -0.146. The van der Waals surface area contributed by atoms with Crippen molar-refractivity contribution in [1.29, 1.82) is 0 Å². The van der Waals surface area contributed by atoms with E-state index in [1.807, 2.05) is 49.4 Å². The van der Waals surface area contributed by atoms with Gasteiger partial charge in [0.1, 0.15) is 6.61 Å². The van der Waals surface area contributed by atoms with Crippen molar-refractivity contribution in [3.8, 4) is 0 Å². The molecule has 0 aliphatic rings. The molecule has 0 N–H and O–H groups in total. The smallest absolute Gasteiger partial charge is 0.313 e. The van der Waals surface area contributed by atoms with Crippen LogP contribution >= 0.6 is 24.8 Å². The molecule has 0 spiro atoms. The maximum Gasteiger partial charge on any atom is 0.313 e. The molecule has 2 rings (SSSR count). The Morgan fingerprint density at radius 2 is 1.85 bits per heavy atom. The van der Waals surface area contributed by atoms with Gasteiger partial charge in [0.2, 0.25) is 0 Å². The first-order valence-electron chi connectivity index (χ1n) is 5.88. The van der Waals surface area contributed by atoms with Crippen LogP contribution in [0.15, 0.2) is 54.9 Å². The van der Waals surface area contributed by atoms with Crippen LogP contribution in [0.4, 0.5) is 0 Å². The molecule has 20 heavy (non-hydrogen) atoms. The molecular formula is C15H17Cl2NO2. The Morgan fingerprint density at radius 1 is 1.15 bits per heavy atom. The number of halogens is 2. The molecule has 1 unspecified atom stereocenters. The van der Waals surface area contributed by atoms with E-state index in [1.165, 1.54) is 0 Å². The third kappa shape index (κ3) is 5.19. The first-order valence-corrected chi connectivity index (χ1v) is 5.88. The van der Waals surface area contributed by atoms with Crippen molar-refractivity contribution in [2.75, 3.05) is 0 Å². The summed E-state index contributed by atoms with van der Waals surface area (Å²) < 4.78 is 5.28. The maximum absolute atomic E-state index is 11.9. The van der Waals surface area contributed by atoms with E-state index >= 15 is 0 Å². The molecule has 5 heteroatoms. The van der Waals surface area contributed by atoms with Crippen molar-refractivity contribution < 1.29 is 9.53 Å². The van der Waals surface area contributed by atoms with Crippen molar-refractivity contribution in [1.82, 2.24) is 4.98 Å². The zero-order chi connectivity index (χ0) is 12.8. The number of benzene rings is 1. The van der Waals surface area contributed by atoms with Gasteiger partial charge in [0, 0.05) is 12.4 Å². The molecule has 1 atom stereocenters. The van der Waals surface area contributed by atoms with Crippen LogP contribution in [-0.2, 0) is 16.1 Å². The summed E-state index contributed by atoms with van der Waals surface area (Å²) in [5, 5.41) is 0. The Labute approximate surface area is 131 Å². The fourth-order valence-corrected chi connectivity index (χ4v) is 1.62. The first kappa shape index (κ1) is 18.4. The normalized spacial score (nSPS) is 10.7. The van der Waals surface area contributed by atoms with Crippen LogP contribution < -0.4 is 0 Å². The van der Waals surface area contributed by atoms with Crippen molar-refractivity contribution >= 4 is 30.8 Å². The zero-order valence-corrected chi connectivity index (χ0v) is 12.7. The van der Waals surface area contributed by atoms with Crippen molar-refractivity contribution in [2.45, 2.75) is 19.4 Å². The minimum atomic E-state index is -0.289. The number of hydrogen-bond donors (Lipinski definition) is 0. The molecule has 0 fully saturated rings. The summed E-state index contributed by atoms with van der Waals surface area (Å²) in [6, 6.07) is 13.3. The highest BCUT2D eigenvalue weighted by molar-refractivity contribution is 5.85. The van der Waals surface area contributed by atoms with E-state index in [0.717, 1.165) is 11.1 Å². The van der Waals surface area contributed by atoms with Crippen LogP contribution in [0.25, 0.3) is 0 Å². The highest BCUT2D eigenvalue weighted by Crippen LogP contribution is 2.16. The quantitative estimate of drug-likeness (QED) is 0.806. The predicted octanol–water partition coefficient (Wildman–Crippen LogP) is 3.77. The molecule has 0 aliphatic carbocycles. The van der Waals surface area contributed by atoms with Crippen LogP contribution in [0, 0.1) is 0 Å². The van der Waals surface area contributed by atoms with Gasteiger partial charge in [-0.25, -0.2) is 0 Å². The number of ether oxygens (including phenoxy) is 1. The number of esters is 1. The van der Waals surface area contributed by atoms with E-state index < -0.39 is 0 Å². The van der Waals surface area contributed by atoms with Crippen LogP contribution in [-0.4, -0.2) is 11.0 Å². The summed E-state index contributed by atoms with van der Waals surface area (Å²) in [6.07, 6.45) is 3.37. The van der Waals surface area contributed by atoms with E-state index in [4.69, 9.17) is 4.74 Å². The summed E-state index contributed by atoms with van der Waals surface area (Å²) in [6.45, 7) is 2.13. The van der Waals surface area contributed by atoms with Gasteiger partial charge in [-0.2, -0.15) is 0 Å². The lowest BCUT2D eigenvalue weighted by Crippen LogP contribution is -2.13. The second-order valence-corrected chi connectivity index (χ2v) is 4.10. The third-order valence-corrected chi connectivity index (χ3v) is 2.76. The van der Waals surface area contributed by atoms with E-state index in [-0.39, 0.29) is 36.7 Å². The monoisotopic (exact) mass is 313 g/mol.